The fourth-order valence-corrected chi connectivity index (χ4v) is 2.67. The van der Waals surface area contributed by atoms with Gasteiger partial charge in [-0.25, -0.2) is 0 Å². The number of ether oxygens (including phenoxy) is 1. The lowest BCUT2D eigenvalue weighted by atomic mass is 10.1. The third kappa shape index (κ3) is 5.31. The summed E-state index contributed by atoms with van der Waals surface area (Å²) in [6, 6.07) is 19.5. The molecule has 0 radical (unpaired) electrons. The second-order valence-electron chi connectivity index (χ2n) is 5.90. The summed E-state index contributed by atoms with van der Waals surface area (Å²) in [6.07, 6.45) is 4.50. The highest BCUT2D eigenvalue weighted by molar-refractivity contribution is 6.30. The summed E-state index contributed by atoms with van der Waals surface area (Å²) < 4.78 is 5.68. The summed E-state index contributed by atoms with van der Waals surface area (Å²) in [4.78, 5) is 4.07. The van der Waals surface area contributed by atoms with E-state index in [9.17, 15) is 5.11 Å². The topological polar surface area (TPSA) is 42.4 Å². The van der Waals surface area contributed by atoms with Crippen LogP contribution in [0.5, 0.6) is 5.75 Å². The van der Waals surface area contributed by atoms with Gasteiger partial charge in [-0.05, 0) is 59.9 Å². The first kappa shape index (κ1) is 17.5. The molecule has 0 bridgehead atoms. The number of aryl methyl sites for hydroxylation is 1. The first-order chi connectivity index (χ1) is 12.2. The maximum absolute atomic E-state index is 10.1. The van der Waals surface area contributed by atoms with Gasteiger partial charge in [0.2, 0.25) is 0 Å². The standard InChI is InChI=1S/C21H20ClNO2/c22-19-8-4-17(5-9-19)18-6-11-21(12-7-18)25-15-20(24)10-3-16-2-1-13-23-14-16/h1-2,4-9,11-14,20,24H,3,10,15H2/t20-/m1/s1. The van der Waals surface area contributed by atoms with Gasteiger partial charge in [-0.1, -0.05) is 41.9 Å². The van der Waals surface area contributed by atoms with Crippen molar-refractivity contribution in [1.82, 2.24) is 4.98 Å². The van der Waals surface area contributed by atoms with Crippen molar-refractivity contribution in [3.63, 3.8) is 0 Å². The van der Waals surface area contributed by atoms with Crippen LogP contribution in [0.2, 0.25) is 5.02 Å². The molecule has 0 aliphatic rings. The zero-order valence-electron chi connectivity index (χ0n) is 13.8. The molecule has 1 N–H and O–H groups in total. The Morgan fingerprint density at radius 2 is 1.64 bits per heavy atom. The number of aromatic nitrogens is 1. The Morgan fingerprint density at radius 3 is 2.28 bits per heavy atom. The number of rotatable bonds is 7. The van der Waals surface area contributed by atoms with Gasteiger partial charge < -0.3 is 9.84 Å². The van der Waals surface area contributed by atoms with Crippen LogP contribution in [0.3, 0.4) is 0 Å². The number of hydrogen-bond acceptors (Lipinski definition) is 3. The van der Waals surface area contributed by atoms with Gasteiger partial charge in [-0.3, -0.25) is 4.98 Å². The average molecular weight is 354 g/mol. The monoisotopic (exact) mass is 353 g/mol. The average Bonchev–Trinajstić information content (AvgIpc) is 2.67. The molecule has 0 fully saturated rings. The van der Waals surface area contributed by atoms with E-state index in [2.05, 4.69) is 4.98 Å². The Morgan fingerprint density at radius 1 is 0.960 bits per heavy atom. The summed E-state index contributed by atoms with van der Waals surface area (Å²) >= 11 is 5.91. The molecule has 128 valence electrons. The first-order valence-electron chi connectivity index (χ1n) is 8.26. The minimum absolute atomic E-state index is 0.278. The van der Waals surface area contributed by atoms with Gasteiger partial charge in [0.05, 0.1) is 6.10 Å². The van der Waals surface area contributed by atoms with Gasteiger partial charge in [-0.15, -0.1) is 0 Å². The third-order valence-electron chi connectivity index (χ3n) is 3.96. The summed E-state index contributed by atoms with van der Waals surface area (Å²) in [5.74, 6) is 0.748. The van der Waals surface area contributed by atoms with Gasteiger partial charge in [0, 0.05) is 17.4 Å². The van der Waals surface area contributed by atoms with Crippen LogP contribution in [0.25, 0.3) is 11.1 Å². The molecule has 0 aliphatic heterocycles. The Bertz CT molecular complexity index is 773. The van der Waals surface area contributed by atoms with Crippen molar-refractivity contribution in [2.75, 3.05) is 6.61 Å². The van der Waals surface area contributed by atoms with Gasteiger partial charge >= 0.3 is 0 Å². The number of aliphatic hydroxyl groups is 1. The lowest BCUT2D eigenvalue weighted by Crippen LogP contribution is -2.18. The molecule has 0 saturated heterocycles. The number of halogens is 1. The third-order valence-corrected chi connectivity index (χ3v) is 4.22. The van der Waals surface area contributed by atoms with Crippen LogP contribution in [0.1, 0.15) is 12.0 Å². The van der Waals surface area contributed by atoms with Crippen LogP contribution in [0.15, 0.2) is 73.1 Å². The van der Waals surface area contributed by atoms with E-state index in [4.69, 9.17) is 16.3 Å². The van der Waals surface area contributed by atoms with Gasteiger partial charge in [0.1, 0.15) is 12.4 Å². The number of pyridine rings is 1. The van der Waals surface area contributed by atoms with E-state index >= 15 is 0 Å². The molecular weight excluding hydrogens is 334 g/mol. The molecular formula is C21H20ClNO2. The molecule has 1 heterocycles. The highest BCUT2D eigenvalue weighted by Crippen LogP contribution is 2.24. The fraction of sp³-hybridized carbons (Fsp3) is 0.190. The molecule has 0 aliphatic carbocycles. The zero-order valence-corrected chi connectivity index (χ0v) is 14.6. The second kappa shape index (κ2) is 8.65. The van der Waals surface area contributed by atoms with Gasteiger partial charge in [0.25, 0.3) is 0 Å². The summed E-state index contributed by atoms with van der Waals surface area (Å²) in [5, 5.41) is 10.8. The molecule has 0 unspecified atom stereocenters. The first-order valence-corrected chi connectivity index (χ1v) is 8.64. The van der Waals surface area contributed by atoms with Crippen LogP contribution in [0.4, 0.5) is 0 Å². The predicted octanol–water partition coefficient (Wildman–Crippen LogP) is 4.77. The largest absolute Gasteiger partial charge is 0.491 e. The van der Waals surface area contributed by atoms with Crippen molar-refractivity contribution in [1.29, 1.82) is 0 Å². The quantitative estimate of drug-likeness (QED) is 0.665. The normalized spacial score (nSPS) is 11.9. The molecule has 3 aromatic rings. The number of hydrogen-bond donors (Lipinski definition) is 1. The minimum Gasteiger partial charge on any atom is -0.491 e. The Hall–Kier alpha value is -2.36. The van der Waals surface area contributed by atoms with Crippen molar-refractivity contribution in [3.05, 3.63) is 83.6 Å². The highest BCUT2D eigenvalue weighted by Gasteiger charge is 2.06. The number of benzene rings is 2. The Balaban J connectivity index is 1.49. The smallest absolute Gasteiger partial charge is 0.119 e. The lowest BCUT2D eigenvalue weighted by molar-refractivity contribution is 0.100. The molecule has 25 heavy (non-hydrogen) atoms. The molecule has 3 rings (SSSR count). The number of aliphatic hydroxyl groups excluding tert-OH is 1. The summed E-state index contributed by atoms with van der Waals surface area (Å²) in [7, 11) is 0. The molecule has 0 amide bonds. The molecule has 1 aromatic heterocycles. The lowest BCUT2D eigenvalue weighted by Gasteiger charge is -2.12. The van der Waals surface area contributed by atoms with Crippen LogP contribution < -0.4 is 4.74 Å². The van der Waals surface area contributed by atoms with E-state index in [0.717, 1.165) is 33.9 Å². The fourth-order valence-electron chi connectivity index (χ4n) is 2.54. The van der Waals surface area contributed by atoms with Crippen LogP contribution in [-0.4, -0.2) is 22.8 Å². The van der Waals surface area contributed by atoms with Gasteiger partial charge in [-0.2, -0.15) is 0 Å². The molecule has 3 nitrogen and oxygen atoms in total. The van der Waals surface area contributed by atoms with Crippen LogP contribution in [-0.2, 0) is 6.42 Å². The van der Waals surface area contributed by atoms with Crippen LogP contribution >= 0.6 is 11.6 Å². The van der Waals surface area contributed by atoms with Gasteiger partial charge in [0.15, 0.2) is 0 Å². The maximum atomic E-state index is 10.1. The van der Waals surface area contributed by atoms with Crippen LogP contribution in [0, 0.1) is 0 Å². The van der Waals surface area contributed by atoms with E-state index in [0.29, 0.717) is 6.42 Å². The van der Waals surface area contributed by atoms with E-state index < -0.39 is 6.10 Å². The van der Waals surface area contributed by atoms with Crippen molar-refractivity contribution >= 4 is 11.6 Å². The van der Waals surface area contributed by atoms with Crippen molar-refractivity contribution in [3.8, 4) is 16.9 Å². The molecule has 0 saturated carbocycles. The van der Waals surface area contributed by atoms with Crippen molar-refractivity contribution in [2.24, 2.45) is 0 Å². The molecule has 4 heteroatoms. The minimum atomic E-state index is -0.504. The van der Waals surface area contributed by atoms with E-state index in [1.807, 2.05) is 66.9 Å². The molecule has 0 spiro atoms. The van der Waals surface area contributed by atoms with E-state index in [-0.39, 0.29) is 6.61 Å². The van der Waals surface area contributed by atoms with E-state index in [1.54, 1.807) is 6.20 Å². The molecule has 1 atom stereocenters. The SMILES string of the molecule is O[C@H](CCc1cccnc1)COc1ccc(-c2ccc(Cl)cc2)cc1. The Kier molecular flexibility index (Phi) is 6.04. The highest BCUT2D eigenvalue weighted by atomic mass is 35.5. The second-order valence-corrected chi connectivity index (χ2v) is 6.33. The molecule has 2 aromatic carbocycles. The predicted molar refractivity (Wildman–Crippen MR) is 101 cm³/mol. The Labute approximate surface area is 152 Å². The zero-order chi connectivity index (χ0) is 17.5. The maximum Gasteiger partial charge on any atom is 0.119 e. The van der Waals surface area contributed by atoms with E-state index in [1.165, 1.54) is 0 Å². The number of nitrogens with zero attached hydrogens (tertiary/aromatic N) is 1. The summed E-state index contributed by atoms with van der Waals surface area (Å²) in [5.41, 5.74) is 3.32. The van der Waals surface area contributed by atoms with Crippen molar-refractivity contribution in [2.45, 2.75) is 18.9 Å². The summed E-state index contributed by atoms with van der Waals surface area (Å²) in [6.45, 7) is 0.278. The van der Waals surface area contributed by atoms with Crippen molar-refractivity contribution < 1.29 is 9.84 Å².